The molecule has 0 aliphatic carbocycles. The van der Waals surface area contributed by atoms with Crippen molar-refractivity contribution in [3.8, 4) is 0 Å². The van der Waals surface area contributed by atoms with E-state index < -0.39 is 0 Å². The van der Waals surface area contributed by atoms with Gasteiger partial charge >= 0.3 is 0 Å². The molecule has 1 nitrogen and oxygen atoms in total. The van der Waals surface area contributed by atoms with Crippen LogP contribution in [0.2, 0.25) is 0 Å². The van der Waals surface area contributed by atoms with Gasteiger partial charge in [0.05, 0.1) is 0 Å². The molecule has 19 heavy (non-hydrogen) atoms. The molecule has 100 valence electrons. The first-order chi connectivity index (χ1) is 9.20. The molecule has 0 fully saturated rings. The molecule has 0 heterocycles. The smallest absolute Gasteiger partial charge is 0.131 e. The zero-order chi connectivity index (χ0) is 13.7. The Kier molecular flexibility index (Phi) is 5.00. The van der Waals surface area contributed by atoms with Crippen LogP contribution in [0.15, 0.2) is 42.5 Å². The first-order valence-corrected chi connectivity index (χ1v) is 7.46. The van der Waals surface area contributed by atoms with Crippen LogP contribution in [0.5, 0.6) is 0 Å². The van der Waals surface area contributed by atoms with E-state index in [1.54, 1.807) is 17.8 Å². The van der Waals surface area contributed by atoms with E-state index in [0.29, 0.717) is 11.3 Å². The Hall–Kier alpha value is -1.32. The quantitative estimate of drug-likeness (QED) is 0.891. The Labute approximate surface area is 118 Å². The van der Waals surface area contributed by atoms with Crippen LogP contribution < -0.4 is 5.73 Å². The van der Waals surface area contributed by atoms with Crippen molar-refractivity contribution in [2.24, 2.45) is 5.73 Å². The van der Waals surface area contributed by atoms with Gasteiger partial charge < -0.3 is 5.73 Å². The summed E-state index contributed by atoms with van der Waals surface area (Å²) in [7, 11) is 0. The predicted molar refractivity (Wildman–Crippen MR) is 80.5 cm³/mol. The monoisotopic (exact) mass is 275 g/mol. The van der Waals surface area contributed by atoms with Crippen LogP contribution in [0.3, 0.4) is 0 Å². The van der Waals surface area contributed by atoms with Gasteiger partial charge in [-0.2, -0.15) is 11.8 Å². The highest BCUT2D eigenvalue weighted by atomic mass is 32.2. The van der Waals surface area contributed by atoms with E-state index in [1.165, 1.54) is 11.1 Å². The number of hydrogen-bond donors (Lipinski definition) is 1. The summed E-state index contributed by atoms with van der Waals surface area (Å²) < 4.78 is 14.0. The average Bonchev–Trinajstić information content (AvgIpc) is 2.41. The van der Waals surface area contributed by atoms with Gasteiger partial charge in [0.25, 0.3) is 0 Å². The van der Waals surface area contributed by atoms with Gasteiger partial charge in [-0.25, -0.2) is 4.39 Å². The van der Waals surface area contributed by atoms with Gasteiger partial charge in [-0.1, -0.05) is 48.0 Å². The minimum atomic E-state index is -0.151. The number of thioether (sulfide) groups is 1. The van der Waals surface area contributed by atoms with Crippen LogP contribution in [0.4, 0.5) is 4.39 Å². The van der Waals surface area contributed by atoms with Crippen molar-refractivity contribution in [1.82, 2.24) is 0 Å². The van der Waals surface area contributed by atoms with Crippen LogP contribution in [-0.2, 0) is 18.1 Å². The Morgan fingerprint density at radius 3 is 2.53 bits per heavy atom. The maximum absolute atomic E-state index is 14.0. The fourth-order valence-electron chi connectivity index (χ4n) is 1.98. The summed E-state index contributed by atoms with van der Waals surface area (Å²) >= 11 is 1.72. The zero-order valence-corrected chi connectivity index (χ0v) is 11.8. The molecule has 0 aromatic heterocycles. The Morgan fingerprint density at radius 1 is 1.05 bits per heavy atom. The molecule has 2 N–H and O–H groups in total. The highest BCUT2D eigenvalue weighted by molar-refractivity contribution is 7.97. The lowest BCUT2D eigenvalue weighted by Gasteiger charge is -2.07. The van der Waals surface area contributed by atoms with Gasteiger partial charge in [0.2, 0.25) is 0 Å². The number of halogens is 1. The van der Waals surface area contributed by atoms with Crippen LogP contribution >= 0.6 is 11.8 Å². The summed E-state index contributed by atoms with van der Waals surface area (Å²) in [6, 6.07) is 13.8. The first-order valence-electron chi connectivity index (χ1n) is 6.30. The number of hydrogen-bond acceptors (Lipinski definition) is 2. The van der Waals surface area contributed by atoms with Crippen molar-refractivity contribution in [3.63, 3.8) is 0 Å². The maximum atomic E-state index is 14.0. The lowest BCUT2D eigenvalue weighted by atomic mass is 10.1. The lowest BCUT2D eigenvalue weighted by Crippen LogP contribution is -2.02. The first kappa shape index (κ1) is 14.1. The van der Waals surface area contributed by atoms with E-state index >= 15 is 0 Å². The molecule has 0 aliphatic heterocycles. The van der Waals surface area contributed by atoms with Gasteiger partial charge in [0, 0.05) is 23.6 Å². The normalized spacial score (nSPS) is 10.7. The van der Waals surface area contributed by atoms with E-state index in [0.717, 1.165) is 11.3 Å². The number of aryl methyl sites for hydroxylation is 1. The average molecular weight is 275 g/mol. The summed E-state index contributed by atoms with van der Waals surface area (Å²) in [6.07, 6.45) is 0. The lowest BCUT2D eigenvalue weighted by molar-refractivity contribution is 0.600. The third kappa shape index (κ3) is 3.82. The van der Waals surface area contributed by atoms with E-state index in [2.05, 4.69) is 31.2 Å². The molecule has 0 saturated heterocycles. The third-order valence-electron chi connectivity index (χ3n) is 2.99. The molecule has 2 rings (SSSR count). The summed E-state index contributed by atoms with van der Waals surface area (Å²) in [6.45, 7) is 2.33. The summed E-state index contributed by atoms with van der Waals surface area (Å²) in [5.74, 6) is 1.42. The van der Waals surface area contributed by atoms with E-state index in [-0.39, 0.29) is 12.4 Å². The van der Waals surface area contributed by atoms with Crippen LogP contribution in [0.1, 0.15) is 22.3 Å². The number of rotatable bonds is 5. The summed E-state index contributed by atoms with van der Waals surface area (Å²) in [5, 5.41) is 0. The highest BCUT2D eigenvalue weighted by Crippen LogP contribution is 2.21. The summed E-state index contributed by atoms with van der Waals surface area (Å²) in [4.78, 5) is 0. The Balaban J connectivity index is 1.96. The SMILES string of the molecule is Cc1cccc(CSCc2cccc(CN)c2F)c1. The standard InChI is InChI=1S/C16H18FNS/c1-12-4-2-5-13(8-12)10-19-11-15-7-3-6-14(9-18)16(15)17/h2-8H,9-11,18H2,1H3. The molecule has 0 radical (unpaired) electrons. The minimum Gasteiger partial charge on any atom is -0.326 e. The van der Waals surface area contributed by atoms with Crippen LogP contribution in [-0.4, -0.2) is 0 Å². The third-order valence-corrected chi connectivity index (χ3v) is 4.04. The van der Waals surface area contributed by atoms with E-state index in [9.17, 15) is 4.39 Å². The topological polar surface area (TPSA) is 26.0 Å². The number of nitrogens with two attached hydrogens (primary N) is 1. The zero-order valence-electron chi connectivity index (χ0n) is 11.0. The molecule has 0 bridgehead atoms. The second-order valence-corrected chi connectivity index (χ2v) is 5.56. The van der Waals surface area contributed by atoms with Crippen molar-refractivity contribution in [3.05, 3.63) is 70.5 Å². The van der Waals surface area contributed by atoms with Crippen LogP contribution in [0.25, 0.3) is 0 Å². The molecule has 0 amide bonds. The van der Waals surface area contributed by atoms with Gasteiger partial charge in [-0.3, -0.25) is 0 Å². The Morgan fingerprint density at radius 2 is 1.79 bits per heavy atom. The molecular formula is C16H18FNS. The van der Waals surface area contributed by atoms with Gasteiger partial charge in [-0.05, 0) is 18.1 Å². The fourth-order valence-corrected chi connectivity index (χ4v) is 2.94. The van der Waals surface area contributed by atoms with E-state index in [1.807, 2.05) is 12.1 Å². The Bertz CT molecular complexity index is 554. The van der Waals surface area contributed by atoms with Gasteiger partial charge in [-0.15, -0.1) is 0 Å². The molecule has 3 heteroatoms. The van der Waals surface area contributed by atoms with Crippen LogP contribution in [0, 0.1) is 12.7 Å². The predicted octanol–water partition coefficient (Wildman–Crippen LogP) is 4.03. The maximum Gasteiger partial charge on any atom is 0.131 e. The second kappa shape index (κ2) is 6.73. The molecule has 0 atom stereocenters. The molecule has 0 saturated carbocycles. The van der Waals surface area contributed by atoms with Crippen molar-refractivity contribution < 1.29 is 4.39 Å². The molecular weight excluding hydrogens is 257 g/mol. The largest absolute Gasteiger partial charge is 0.326 e. The highest BCUT2D eigenvalue weighted by Gasteiger charge is 2.06. The van der Waals surface area contributed by atoms with E-state index in [4.69, 9.17) is 5.73 Å². The second-order valence-electron chi connectivity index (χ2n) is 4.58. The van der Waals surface area contributed by atoms with Crippen molar-refractivity contribution in [2.45, 2.75) is 25.0 Å². The minimum absolute atomic E-state index is 0.151. The molecule has 0 unspecified atom stereocenters. The molecule has 2 aromatic carbocycles. The fraction of sp³-hybridized carbons (Fsp3) is 0.250. The summed E-state index contributed by atoms with van der Waals surface area (Å²) in [5.41, 5.74) is 9.37. The van der Waals surface area contributed by atoms with Gasteiger partial charge in [0.15, 0.2) is 0 Å². The van der Waals surface area contributed by atoms with Crippen molar-refractivity contribution >= 4 is 11.8 Å². The number of benzene rings is 2. The van der Waals surface area contributed by atoms with Gasteiger partial charge in [0.1, 0.15) is 5.82 Å². The molecule has 2 aromatic rings. The van der Waals surface area contributed by atoms with Crippen molar-refractivity contribution in [1.29, 1.82) is 0 Å². The molecule has 0 spiro atoms. The molecule has 0 aliphatic rings. The van der Waals surface area contributed by atoms with Crippen molar-refractivity contribution in [2.75, 3.05) is 0 Å².